The summed E-state index contributed by atoms with van der Waals surface area (Å²) in [5.41, 5.74) is 9.99. The zero-order chi connectivity index (χ0) is 41.8. The summed E-state index contributed by atoms with van der Waals surface area (Å²) in [4.78, 5) is 4.81. The molecule has 0 N–H and O–H groups in total. The minimum Gasteiger partial charge on any atom is -0.311 e. The van der Waals surface area contributed by atoms with Crippen molar-refractivity contribution in [2.24, 2.45) is 0 Å². The van der Waals surface area contributed by atoms with E-state index in [2.05, 4.69) is 242 Å². The van der Waals surface area contributed by atoms with Crippen LogP contribution in [0.15, 0.2) is 231 Å². The van der Waals surface area contributed by atoms with Gasteiger partial charge in [0.25, 0.3) is 0 Å². The summed E-state index contributed by atoms with van der Waals surface area (Å²) in [6, 6.07) is 72.9. The number of hydrogen-bond acceptors (Lipinski definition) is 2. The second kappa shape index (κ2) is 15.1. The van der Waals surface area contributed by atoms with Gasteiger partial charge in [0.05, 0.1) is 0 Å². The van der Waals surface area contributed by atoms with Gasteiger partial charge in [-0.15, -0.1) is 0 Å². The van der Waals surface area contributed by atoms with E-state index in [-0.39, 0.29) is 5.41 Å². The number of fused-ring (bicyclic) bond motifs is 9. The molecule has 0 aromatic heterocycles. The molecule has 1 aliphatic carbocycles. The first-order valence-electron chi connectivity index (χ1n) is 21.6. The lowest BCUT2D eigenvalue weighted by molar-refractivity contribution is 0.537. The van der Waals surface area contributed by atoms with Gasteiger partial charge in [0.15, 0.2) is 0 Å². The van der Waals surface area contributed by atoms with Crippen molar-refractivity contribution in [2.75, 3.05) is 9.80 Å². The molecule has 0 radical (unpaired) electrons. The zero-order valence-electron chi connectivity index (χ0n) is 35.1. The molecule has 0 unspecified atom stereocenters. The van der Waals surface area contributed by atoms with Crippen molar-refractivity contribution in [1.29, 1.82) is 0 Å². The number of rotatable bonds is 6. The van der Waals surface area contributed by atoms with E-state index < -0.39 is 0 Å². The molecule has 62 heavy (non-hydrogen) atoms. The van der Waals surface area contributed by atoms with Gasteiger partial charge in [0, 0.05) is 34.1 Å². The van der Waals surface area contributed by atoms with Crippen molar-refractivity contribution in [3.05, 3.63) is 242 Å². The van der Waals surface area contributed by atoms with Crippen LogP contribution in [-0.4, -0.2) is 0 Å². The highest BCUT2D eigenvalue weighted by Gasteiger charge is 2.30. The molecule has 296 valence electrons. The van der Waals surface area contributed by atoms with Crippen LogP contribution in [0, 0.1) is 0 Å². The van der Waals surface area contributed by atoms with Gasteiger partial charge in [-0.3, -0.25) is 0 Å². The quantitative estimate of drug-likeness (QED) is 0.155. The Kier molecular flexibility index (Phi) is 9.09. The van der Waals surface area contributed by atoms with E-state index in [0.717, 1.165) is 46.1 Å². The Morgan fingerprint density at radius 1 is 0.387 bits per heavy atom. The molecule has 0 saturated carbocycles. The SMILES string of the molecule is C=C1/C=C\C(N(c2ccc3ccccc3c2)c2ccc3ccccc3c2)=C/CC(C)(C)c2c1c1ccccc1c1cc(N(c3ccccc3)c3ccc4ccccc4c3)ccc21. The first-order chi connectivity index (χ1) is 30.4. The van der Waals surface area contributed by atoms with Crippen molar-refractivity contribution in [3.63, 3.8) is 0 Å². The highest BCUT2D eigenvalue weighted by atomic mass is 15.1. The lowest BCUT2D eigenvalue weighted by atomic mass is 9.73. The van der Waals surface area contributed by atoms with Crippen LogP contribution in [0.2, 0.25) is 0 Å². The van der Waals surface area contributed by atoms with Gasteiger partial charge in [-0.25, -0.2) is 0 Å². The third-order valence-corrected chi connectivity index (χ3v) is 12.8. The minimum absolute atomic E-state index is 0.269. The van der Waals surface area contributed by atoms with E-state index in [1.165, 1.54) is 65.0 Å². The molecular formula is C60H46N2. The fourth-order valence-electron chi connectivity index (χ4n) is 9.74. The second-order valence-corrected chi connectivity index (χ2v) is 17.2. The van der Waals surface area contributed by atoms with E-state index in [0.29, 0.717) is 0 Å². The van der Waals surface area contributed by atoms with E-state index >= 15 is 0 Å². The Morgan fingerprint density at radius 3 is 1.44 bits per heavy atom. The standard InChI is InChI=1S/C60H46N2/c1-41-25-29-49(62(51-31-27-43-16-8-11-19-46(43)38-51)52-32-28-44-17-9-12-20-47(44)39-52)35-36-60(2,3)59-56-34-33-53(40-57(56)54-23-13-14-24-55(54)58(41)59)61(48-21-5-4-6-22-48)50-30-26-42-15-7-10-18-45(42)37-50/h4-35,37-40H,1,36H2,2-3H3/b29-25-,49-35+. The van der Waals surface area contributed by atoms with Gasteiger partial charge >= 0.3 is 0 Å². The third kappa shape index (κ3) is 6.53. The molecule has 0 fully saturated rings. The molecule has 0 bridgehead atoms. The number of benzene rings is 10. The van der Waals surface area contributed by atoms with E-state index in [9.17, 15) is 0 Å². The molecular weight excluding hydrogens is 749 g/mol. The molecule has 0 amide bonds. The lowest BCUT2D eigenvalue weighted by Crippen LogP contribution is -2.21. The van der Waals surface area contributed by atoms with Crippen LogP contribution in [0.5, 0.6) is 0 Å². The molecule has 0 saturated heterocycles. The van der Waals surface area contributed by atoms with Crippen LogP contribution in [0.1, 0.15) is 31.4 Å². The highest BCUT2D eigenvalue weighted by Crippen LogP contribution is 2.47. The third-order valence-electron chi connectivity index (χ3n) is 12.8. The van der Waals surface area contributed by atoms with E-state index in [1.54, 1.807) is 0 Å². The van der Waals surface area contributed by atoms with Crippen molar-refractivity contribution >= 4 is 87.9 Å². The molecule has 10 aromatic carbocycles. The van der Waals surface area contributed by atoms with Crippen molar-refractivity contribution in [2.45, 2.75) is 25.7 Å². The topological polar surface area (TPSA) is 6.48 Å². The summed E-state index contributed by atoms with van der Waals surface area (Å²) in [5, 5.41) is 12.3. The Hall–Kier alpha value is -7.68. The van der Waals surface area contributed by atoms with Crippen molar-refractivity contribution in [1.82, 2.24) is 0 Å². The van der Waals surface area contributed by atoms with Gasteiger partial charge in [0.2, 0.25) is 0 Å². The van der Waals surface area contributed by atoms with Crippen molar-refractivity contribution < 1.29 is 0 Å². The minimum atomic E-state index is -0.269. The molecule has 11 rings (SSSR count). The van der Waals surface area contributed by atoms with Crippen LogP contribution in [0.25, 0.3) is 59.4 Å². The predicted molar refractivity (Wildman–Crippen MR) is 268 cm³/mol. The Morgan fingerprint density at radius 2 is 0.855 bits per heavy atom. The summed E-state index contributed by atoms with van der Waals surface area (Å²) >= 11 is 0. The fourth-order valence-corrected chi connectivity index (χ4v) is 9.74. The number of allylic oxidation sites excluding steroid dienone is 4. The largest absolute Gasteiger partial charge is 0.311 e. The normalized spacial score (nSPS) is 15.1. The second-order valence-electron chi connectivity index (χ2n) is 17.2. The van der Waals surface area contributed by atoms with Gasteiger partial charge in [-0.2, -0.15) is 0 Å². The monoisotopic (exact) mass is 794 g/mol. The van der Waals surface area contributed by atoms with Gasteiger partial charge in [-0.05, 0) is 149 Å². The highest BCUT2D eigenvalue weighted by molar-refractivity contribution is 6.16. The van der Waals surface area contributed by atoms with E-state index in [4.69, 9.17) is 6.58 Å². The summed E-state index contributed by atoms with van der Waals surface area (Å²) in [7, 11) is 0. The number of para-hydroxylation sites is 1. The molecule has 10 aromatic rings. The molecule has 0 aliphatic heterocycles. The van der Waals surface area contributed by atoms with Crippen LogP contribution in [0.3, 0.4) is 0 Å². The molecule has 0 atom stereocenters. The maximum Gasteiger partial charge on any atom is 0.0468 e. The maximum absolute atomic E-state index is 4.85. The van der Waals surface area contributed by atoms with Crippen LogP contribution >= 0.6 is 0 Å². The summed E-state index contributed by atoms with van der Waals surface area (Å²) < 4.78 is 0. The van der Waals surface area contributed by atoms with Gasteiger partial charge < -0.3 is 9.80 Å². The van der Waals surface area contributed by atoms with Crippen LogP contribution < -0.4 is 9.80 Å². The van der Waals surface area contributed by atoms with Crippen LogP contribution in [0.4, 0.5) is 28.4 Å². The van der Waals surface area contributed by atoms with Gasteiger partial charge in [-0.1, -0.05) is 172 Å². The summed E-state index contributed by atoms with van der Waals surface area (Å²) in [6.07, 6.45) is 7.77. The zero-order valence-corrected chi connectivity index (χ0v) is 35.1. The average Bonchev–Trinajstić information content (AvgIpc) is 3.36. The van der Waals surface area contributed by atoms with E-state index in [1.807, 2.05) is 0 Å². The Labute approximate surface area is 363 Å². The number of hydrogen-bond donors (Lipinski definition) is 0. The molecule has 0 spiro atoms. The first-order valence-corrected chi connectivity index (χ1v) is 21.6. The first kappa shape index (κ1) is 37.3. The number of nitrogens with zero attached hydrogens (tertiary/aromatic N) is 2. The Bertz CT molecular complexity index is 3360. The smallest absolute Gasteiger partial charge is 0.0468 e. The molecule has 1 aliphatic rings. The summed E-state index contributed by atoms with van der Waals surface area (Å²) in [5.74, 6) is 0. The Balaban J connectivity index is 1.09. The summed E-state index contributed by atoms with van der Waals surface area (Å²) in [6.45, 7) is 9.66. The number of anilines is 5. The predicted octanol–water partition coefficient (Wildman–Crippen LogP) is 16.9. The molecule has 0 heterocycles. The van der Waals surface area contributed by atoms with Crippen LogP contribution in [-0.2, 0) is 5.41 Å². The maximum atomic E-state index is 4.85. The lowest BCUT2D eigenvalue weighted by Gasteiger charge is -2.32. The molecule has 2 nitrogen and oxygen atoms in total. The van der Waals surface area contributed by atoms with Gasteiger partial charge in [0.1, 0.15) is 0 Å². The fraction of sp³-hybridized carbons (Fsp3) is 0.0667. The molecule has 2 heteroatoms. The van der Waals surface area contributed by atoms with Crippen molar-refractivity contribution in [3.8, 4) is 0 Å². The average molecular weight is 795 g/mol.